The highest BCUT2D eigenvalue weighted by molar-refractivity contribution is 6.42. The van der Waals surface area contributed by atoms with Gasteiger partial charge in [-0.2, -0.15) is 0 Å². The molecule has 1 aromatic carbocycles. The minimum Gasteiger partial charge on any atom is -0.456 e. The highest BCUT2D eigenvalue weighted by atomic mass is 35.5. The van der Waals surface area contributed by atoms with Gasteiger partial charge in [0.05, 0.1) is 22.5 Å². The van der Waals surface area contributed by atoms with E-state index < -0.39 is 0 Å². The van der Waals surface area contributed by atoms with E-state index in [1.807, 2.05) is 27.7 Å². The predicted octanol–water partition coefficient (Wildman–Crippen LogP) is 4.15. The van der Waals surface area contributed by atoms with Crippen LogP contribution in [0.3, 0.4) is 0 Å². The summed E-state index contributed by atoms with van der Waals surface area (Å²) in [5.74, 6) is -0.745. The van der Waals surface area contributed by atoms with Gasteiger partial charge < -0.3 is 10.1 Å². The van der Waals surface area contributed by atoms with Gasteiger partial charge in [-0.15, -0.1) is 0 Å². The number of carbonyl (C=O) groups excluding carboxylic acids is 2. The second-order valence-corrected chi connectivity index (χ2v) is 7.18. The molecule has 0 heterocycles. The number of esters is 1. The van der Waals surface area contributed by atoms with Crippen LogP contribution < -0.4 is 5.32 Å². The lowest BCUT2D eigenvalue weighted by molar-refractivity contribution is -0.150. The molecule has 1 N–H and O–H groups in total. The molecule has 0 saturated carbocycles. The van der Waals surface area contributed by atoms with Crippen molar-refractivity contribution in [1.29, 1.82) is 0 Å². The van der Waals surface area contributed by atoms with Crippen molar-refractivity contribution in [3.63, 3.8) is 0 Å². The molecule has 0 saturated heterocycles. The van der Waals surface area contributed by atoms with Crippen LogP contribution in [-0.4, -0.2) is 18.5 Å². The summed E-state index contributed by atoms with van der Waals surface area (Å²) < 4.78 is 4.96. The SMILES string of the molecule is CC(NC(=O)COC(=O)CC(C)(C)C)c1ccc(Cl)c(Cl)c1. The Kier molecular flexibility index (Phi) is 6.69. The average Bonchev–Trinajstić information content (AvgIpc) is 2.37. The first-order valence-electron chi connectivity index (χ1n) is 6.98. The van der Waals surface area contributed by atoms with Crippen LogP contribution in [0, 0.1) is 5.41 Å². The number of nitrogens with one attached hydrogen (secondary N) is 1. The zero-order chi connectivity index (χ0) is 16.9. The van der Waals surface area contributed by atoms with Crippen molar-refractivity contribution in [3.05, 3.63) is 33.8 Å². The smallest absolute Gasteiger partial charge is 0.306 e. The molecule has 0 fully saturated rings. The Morgan fingerprint density at radius 3 is 2.41 bits per heavy atom. The number of rotatable bonds is 5. The molecule has 122 valence electrons. The van der Waals surface area contributed by atoms with Crippen molar-refractivity contribution in [2.45, 2.75) is 40.2 Å². The van der Waals surface area contributed by atoms with Gasteiger partial charge in [0.1, 0.15) is 0 Å². The zero-order valence-corrected chi connectivity index (χ0v) is 14.7. The third-order valence-electron chi connectivity index (χ3n) is 2.86. The van der Waals surface area contributed by atoms with Crippen molar-refractivity contribution < 1.29 is 14.3 Å². The van der Waals surface area contributed by atoms with E-state index >= 15 is 0 Å². The summed E-state index contributed by atoms with van der Waals surface area (Å²) in [4.78, 5) is 23.4. The quantitative estimate of drug-likeness (QED) is 0.815. The topological polar surface area (TPSA) is 55.4 Å². The van der Waals surface area contributed by atoms with Gasteiger partial charge in [-0.3, -0.25) is 9.59 Å². The summed E-state index contributed by atoms with van der Waals surface area (Å²) in [7, 11) is 0. The first-order chi connectivity index (χ1) is 10.1. The highest BCUT2D eigenvalue weighted by Gasteiger charge is 2.18. The van der Waals surface area contributed by atoms with Gasteiger partial charge in [0.25, 0.3) is 5.91 Å². The fourth-order valence-corrected chi connectivity index (χ4v) is 2.08. The highest BCUT2D eigenvalue weighted by Crippen LogP contribution is 2.25. The van der Waals surface area contributed by atoms with E-state index in [1.54, 1.807) is 18.2 Å². The fourth-order valence-electron chi connectivity index (χ4n) is 1.78. The van der Waals surface area contributed by atoms with E-state index in [-0.39, 0.29) is 36.4 Å². The molecule has 0 aliphatic carbocycles. The first-order valence-corrected chi connectivity index (χ1v) is 7.74. The number of hydrogen-bond donors (Lipinski definition) is 1. The van der Waals surface area contributed by atoms with Crippen molar-refractivity contribution in [3.8, 4) is 0 Å². The summed E-state index contributed by atoms with van der Waals surface area (Å²) >= 11 is 11.8. The molecule has 0 radical (unpaired) electrons. The summed E-state index contributed by atoms with van der Waals surface area (Å²) in [6.07, 6.45) is 0.266. The summed E-state index contributed by atoms with van der Waals surface area (Å²) in [6, 6.07) is 4.89. The van der Waals surface area contributed by atoms with Crippen LogP contribution in [0.1, 0.15) is 45.7 Å². The second-order valence-electron chi connectivity index (χ2n) is 6.36. The van der Waals surface area contributed by atoms with Crippen LogP contribution in [-0.2, 0) is 14.3 Å². The average molecular weight is 346 g/mol. The Labute approximate surface area is 141 Å². The normalized spacial score (nSPS) is 12.6. The van der Waals surface area contributed by atoms with Gasteiger partial charge in [0.2, 0.25) is 0 Å². The van der Waals surface area contributed by atoms with E-state index in [9.17, 15) is 9.59 Å². The molecule has 0 aromatic heterocycles. The van der Waals surface area contributed by atoms with Crippen LogP contribution >= 0.6 is 23.2 Å². The maximum atomic E-state index is 11.8. The molecule has 4 nitrogen and oxygen atoms in total. The fraction of sp³-hybridized carbons (Fsp3) is 0.500. The second kappa shape index (κ2) is 7.84. The third kappa shape index (κ3) is 6.67. The monoisotopic (exact) mass is 345 g/mol. The summed E-state index contributed by atoms with van der Waals surface area (Å²) in [5.41, 5.74) is 0.657. The molecule has 1 unspecified atom stereocenters. The Hall–Kier alpha value is -1.26. The molecule has 0 aliphatic rings. The number of benzene rings is 1. The molecular formula is C16H21Cl2NO3. The predicted molar refractivity (Wildman–Crippen MR) is 88.1 cm³/mol. The number of ether oxygens (including phenoxy) is 1. The molecular weight excluding hydrogens is 325 g/mol. The van der Waals surface area contributed by atoms with Gasteiger partial charge in [-0.1, -0.05) is 50.0 Å². The van der Waals surface area contributed by atoms with Crippen LogP contribution in [0.25, 0.3) is 0 Å². The number of amides is 1. The summed E-state index contributed by atoms with van der Waals surface area (Å²) in [5, 5.41) is 3.63. The molecule has 1 amide bonds. The lowest BCUT2D eigenvalue weighted by Gasteiger charge is -2.17. The summed E-state index contributed by atoms with van der Waals surface area (Å²) in [6.45, 7) is 7.32. The third-order valence-corrected chi connectivity index (χ3v) is 3.60. The van der Waals surface area contributed by atoms with E-state index in [1.165, 1.54) is 0 Å². The van der Waals surface area contributed by atoms with E-state index in [2.05, 4.69) is 5.32 Å². The first kappa shape index (κ1) is 18.8. The molecule has 0 bridgehead atoms. The minimum absolute atomic E-state index is 0.166. The molecule has 0 spiro atoms. The van der Waals surface area contributed by atoms with E-state index in [0.29, 0.717) is 10.0 Å². The Morgan fingerprint density at radius 2 is 1.86 bits per heavy atom. The molecule has 0 aliphatic heterocycles. The molecule has 22 heavy (non-hydrogen) atoms. The van der Waals surface area contributed by atoms with Crippen LogP contribution in [0.5, 0.6) is 0 Å². The van der Waals surface area contributed by atoms with Gasteiger partial charge >= 0.3 is 5.97 Å². The van der Waals surface area contributed by atoms with Gasteiger partial charge in [-0.25, -0.2) is 0 Å². The molecule has 6 heteroatoms. The van der Waals surface area contributed by atoms with Gasteiger partial charge in [-0.05, 0) is 30.0 Å². The number of hydrogen-bond acceptors (Lipinski definition) is 3. The van der Waals surface area contributed by atoms with Gasteiger partial charge in [0, 0.05) is 0 Å². The van der Waals surface area contributed by atoms with Crippen molar-refractivity contribution in [1.82, 2.24) is 5.32 Å². The van der Waals surface area contributed by atoms with Crippen molar-refractivity contribution in [2.24, 2.45) is 5.41 Å². The van der Waals surface area contributed by atoms with Crippen LogP contribution in [0.15, 0.2) is 18.2 Å². The maximum absolute atomic E-state index is 11.8. The Morgan fingerprint density at radius 1 is 1.23 bits per heavy atom. The largest absolute Gasteiger partial charge is 0.456 e. The molecule has 1 rings (SSSR count). The lowest BCUT2D eigenvalue weighted by Crippen LogP contribution is -2.31. The van der Waals surface area contributed by atoms with E-state index in [4.69, 9.17) is 27.9 Å². The Bertz CT molecular complexity index is 553. The van der Waals surface area contributed by atoms with Crippen molar-refractivity contribution >= 4 is 35.1 Å². The number of halogens is 2. The van der Waals surface area contributed by atoms with Crippen LogP contribution in [0.2, 0.25) is 10.0 Å². The van der Waals surface area contributed by atoms with Crippen LogP contribution in [0.4, 0.5) is 0 Å². The standard InChI is InChI=1S/C16H21Cl2NO3/c1-10(11-5-6-12(17)13(18)7-11)19-14(20)9-22-15(21)8-16(2,3)4/h5-7,10H,8-9H2,1-4H3,(H,19,20). The van der Waals surface area contributed by atoms with E-state index in [0.717, 1.165) is 5.56 Å². The van der Waals surface area contributed by atoms with Gasteiger partial charge in [0.15, 0.2) is 6.61 Å². The maximum Gasteiger partial charge on any atom is 0.306 e. The number of carbonyl (C=O) groups is 2. The Balaban J connectivity index is 2.47. The minimum atomic E-state index is -0.384. The lowest BCUT2D eigenvalue weighted by atomic mass is 9.92. The molecule has 1 atom stereocenters. The molecule has 1 aromatic rings. The zero-order valence-electron chi connectivity index (χ0n) is 13.2. The van der Waals surface area contributed by atoms with Crippen molar-refractivity contribution in [2.75, 3.05) is 6.61 Å².